The monoisotopic (exact) mass is 370 g/mol. The quantitative estimate of drug-likeness (QED) is 0.493. The maximum Gasteiger partial charge on any atom is 0.364 e. The molecule has 0 atom stereocenters. The number of hydrogen-bond donors (Lipinski definition) is 0. The molecule has 0 N–H and O–H groups in total. The molecule has 132 valence electrons. The molecule has 4 rings (SSSR count). The van der Waals surface area contributed by atoms with E-state index in [1.54, 1.807) is 41.1 Å². The van der Waals surface area contributed by atoms with Gasteiger partial charge in [-0.2, -0.15) is 5.10 Å². The number of fused-ring (bicyclic) bond motifs is 1. The van der Waals surface area contributed by atoms with E-state index in [0.717, 1.165) is 42.6 Å². The molecule has 0 spiro atoms. The molecule has 6 heteroatoms. The molecule has 1 aliphatic carbocycles. The first kappa shape index (κ1) is 16.8. The first-order chi connectivity index (χ1) is 12.6. The van der Waals surface area contributed by atoms with Crippen molar-refractivity contribution in [3.8, 4) is 11.4 Å². The van der Waals surface area contributed by atoms with Crippen LogP contribution in [0, 0.1) is 5.82 Å². The Balaban J connectivity index is 1.73. The molecule has 4 nitrogen and oxygen atoms in total. The summed E-state index contributed by atoms with van der Waals surface area (Å²) in [6, 6.07) is 12.9. The maximum atomic E-state index is 13.2. The average molecular weight is 371 g/mol. The molecule has 2 aromatic carbocycles. The number of nitrogens with zero attached hydrogens (tertiary/aromatic N) is 2. The van der Waals surface area contributed by atoms with Crippen LogP contribution in [0.2, 0.25) is 5.02 Å². The lowest BCUT2D eigenvalue weighted by atomic mass is 9.95. The van der Waals surface area contributed by atoms with Crippen molar-refractivity contribution in [2.45, 2.75) is 25.7 Å². The molecule has 0 unspecified atom stereocenters. The van der Waals surface area contributed by atoms with Gasteiger partial charge in [-0.1, -0.05) is 23.7 Å². The highest BCUT2D eigenvalue weighted by Gasteiger charge is 2.27. The summed E-state index contributed by atoms with van der Waals surface area (Å²) in [5.41, 5.74) is 2.90. The Labute approximate surface area is 155 Å². The van der Waals surface area contributed by atoms with Crippen LogP contribution in [-0.2, 0) is 12.8 Å². The van der Waals surface area contributed by atoms with Crippen molar-refractivity contribution in [3.63, 3.8) is 0 Å². The molecule has 3 aromatic rings. The number of ether oxygens (including phenoxy) is 1. The van der Waals surface area contributed by atoms with Gasteiger partial charge >= 0.3 is 5.97 Å². The Morgan fingerprint density at radius 1 is 1.08 bits per heavy atom. The molecular formula is C20H16ClFN2O2. The van der Waals surface area contributed by atoms with Crippen molar-refractivity contribution in [2.24, 2.45) is 0 Å². The fourth-order valence-corrected chi connectivity index (χ4v) is 3.41. The molecule has 0 fully saturated rings. The van der Waals surface area contributed by atoms with Crippen LogP contribution >= 0.6 is 11.6 Å². The molecule has 26 heavy (non-hydrogen) atoms. The minimum Gasteiger partial charge on any atom is -0.420 e. The predicted octanol–water partition coefficient (Wildman–Crippen LogP) is 4.76. The Hall–Kier alpha value is -2.66. The highest BCUT2D eigenvalue weighted by molar-refractivity contribution is 6.32. The number of carbonyl (C=O) groups is 1. The third kappa shape index (κ3) is 3.10. The lowest BCUT2D eigenvalue weighted by Gasteiger charge is -2.14. The van der Waals surface area contributed by atoms with Crippen molar-refractivity contribution in [2.75, 3.05) is 0 Å². The maximum absolute atomic E-state index is 13.2. The smallest absolute Gasteiger partial charge is 0.364 e. The van der Waals surface area contributed by atoms with E-state index in [4.69, 9.17) is 16.3 Å². The molecule has 0 amide bonds. The van der Waals surface area contributed by atoms with Crippen molar-refractivity contribution in [1.29, 1.82) is 0 Å². The normalized spacial score (nSPS) is 13.3. The fraction of sp³-hybridized carbons (Fsp3) is 0.200. The Morgan fingerprint density at radius 2 is 1.81 bits per heavy atom. The van der Waals surface area contributed by atoms with Crippen LogP contribution in [0.25, 0.3) is 5.69 Å². The van der Waals surface area contributed by atoms with Gasteiger partial charge in [0.05, 0.1) is 10.7 Å². The molecule has 0 radical (unpaired) electrons. The second-order valence-electron chi connectivity index (χ2n) is 6.19. The Kier molecular flexibility index (Phi) is 4.47. The number of rotatable bonds is 3. The zero-order valence-electron chi connectivity index (χ0n) is 13.9. The molecule has 0 saturated carbocycles. The van der Waals surface area contributed by atoms with Crippen molar-refractivity contribution >= 4 is 17.6 Å². The van der Waals surface area contributed by atoms with Gasteiger partial charge in [-0.15, -0.1) is 0 Å². The van der Waals surface area contributed by atoms with Crippen LogP contribution in [-0.4, -0.2) is 15.7 Å². The van der Waals surface area contributed by atoms with Gasteiger partial charge in [0.1, 0.15) is 11.6 Å². The molecule has 1 aromatic heterocycles. The van der Waals surface area contributed by atoms with E-state index in [0.29, 0.717) is 16.5 Å². The van der Waals surface area contributed by atoms with Crippen molar-refractivity contribution in [1.82, 2.24) is 9.78 Å². The lowest BCUT2D eigenvalue weighted by Crippen LogP contribution is -2.13. The van der Waals surface area contributed by atoms with E-state index in [1.165, 1.54) is 12.1 Å². The van der Waals surface area contributed by atoms with Gasteiger partial charge in [-0.05, 0) is 62.1 Å². The van der Waals surface area contributed by atoms with Crippen LogP contribution in [0.5, 0.6) is 5.75 Å². The molecule has 0 saturated heterocycles. The van der Waals surface area contributed by atoms with Crippen LogP contribution in [0.4, 0.5) is 4.39 Å². The number of hydrogen-bond acceptors (Lipinski definition) is 3. The highest BCUT2D eigenvalue weighted by atomic mass is 35.5. The zero-order chi connectivity index (χ0) is 18.1. The minimum absolute atomic E-state index is 0.295. The second kappa shape index (κ2) is 6.92. The van der Waals surface area contributed by atoms with E-state index in [9.17, 15) is 9.18 Å². The number of esters is 1. The summed E-state index contributed by atoms with van der Waals surface area (Å²) in [5.74, 6) is -0.537. The zero-order valence-corrected chi connectivity index (χ0v) is 14.7. The second-order valence-corrected chi connectivity index (χ2v) is 6.60. The molecular weight excluding hydrogens is 355 g/mol. The summed E-state index contributed by atoms with van der Waals surface area (Å²) in [6.07, 6.45) is 3.61. The van der Waals surface area contributed by atoms with Gasteiger partial charge in [0.2, 0.25) is 0 Å². The van der Waals surface area contributed by atoms with Gasteiger partial charge < -0.3 is 4.74 Å². The van der Waals surface area contributed by atoms with Gasteiger partial charge in [0, 0.05) is 11.3 Å². The first-order valence-electron chi connectivity index (χ1n) is 8.47. The topological polar surface area (TPSA) is 44.1 Å². The van der Waals surface area contributed by atoms with E-state index < -0.39 is 5.97 Å². The van der Waals surface area contributed by atoms with Crippen LogP contribution in [0.1, 0.15) is 34.6 Å². The van der Waals surface area contributed by atoms with E-state index in [1.807, 2.05) is 0 Å². The standard InChI is InChI=1S/C20H16ClFN2O2/c21-16-6-2-4-8-18(16)26-20(25)19-15-5-1-3-7-17(15)24(23-19)14-11-9-13(22)10-12-14/h2,4,6,8-12H,1,3,5,7H2. The third-order valence-corrected chi connectivity index (χ3v) is 4.80. The summed E-state index contributed by atoms with van der Waals surface area (Å²) in [7, 11) is 0. The Bertz CT molecular complexity index is 966. The first-order valence-corrected chi connectivity index (χ1v) is 8.84. The van der Waals surface area contributed by atoms with Gasteiger partial charge in [-0.25, -0.2) is 13.9 Å². The Morgan fingerprint density at radius 3 is 2.58 bits per heavy atom. The average Bonchev–Trinajstić information content (AvgIpc) is 3.04. The van der Waals surface area contributed by atoms with E-state index >= 15 is 0 Å². The summed E-state index contributed by atoms with van der Waals surface area (Å²) in [4.78, 5) is 12.7. The molecule has 1 heterocycles. The van der Waals surface area contributed by atoms with Crippen molar-refractivity contribution in [3.05, 3.63) is 76.3 Å². The molecule has 1 aliphatic rings. The highest BCUT2D eigenvalue weighted by Crippen LogP contribution is 2.29. The van der Waals surface area contributed by atoms with Gasteiger partial charge in [-0.3, -0.25) is 0 Å². The van der Waals surface area contributed by atoms with Gasteiger partial charge in [0.25, 0.3) is 0 Å². The largest absolute Gasteiger partial charge is 0.420 e. The van der Waals surface area contributed by atoms with E-state index in [-0.39, 0.29) is 5.82 Å². The number of carbonyl (C=O) groups excluding carboxylic acids is 1. The summed E-state index contributed by atoms with van der Waals surface area (Å²) < 4.78 is 20.4. The minimum atomic E-state index is -0.530. The number of aromatic nitrogens is 2. The van der Waals surface area contributed by atoms with Crippen LogP contribution < -0.4 is 4.74 Å². The molecule has 0 aliphatic heterocycles. The van der Waals surface area contributed by atoms with E-state index in [2.05, 4.69) is 5.10 Å². The van der Waals surface area contributed by atoms with Crippen molar-refractivity contribution < 1.29 is 13.9 Å². The van der Waals surface area contributed by atoms with Gasteiger partial charge in [0.15, 0.2) is 5.69 Å². The summed E-state index contributed by atoms with van der Waals surface area (Å²) >= 11 is 6.08. The lowest BCUT2D eigenvalue weighted by molar-refractivity contribution is 0.0727. The fourth-order valence-electron chi connectivity index (χ4n) is 3.23. The SMILES string of the molecule is O=C(Oc1ccccc1Cl)c1nn(-c2ccc(F)cc2)c2c1CCCC2. The van der Waals surface area contributed by atoms with Crippen LogP contribution in [0.15, 0.2) is 48.5 Å². The third-order valence-electron chi connectivity index (χ3n) is 4.48. The van der Waals surface area contributed by atoms with Crippen LogP contribution in [0.3, 0.4) is 0 Å². The molecule has 0 bridgehead atoms. The number of para-hydroxylation sites is 1. The summed E-state index contributed by atoms with van der Waals surface area (Å²) in [5, 5.41) is 4.86. The number of halogens is 2. The number of benzene rings is 2. The predicted molar refractivity (Wildman–Crippen MR) is 96.6 cm³/mol. The summed E-state index contributed by atoms with van der Waals surface area (Å²) in [6.45, 7) is 0.